The highest BCUT2D eigenvalue weighted by Crippen LogP contribution is 2.35. The summed E-state index contributed by atoms with van der Waals surface area (Å²) >= 11 is 0. The van der Waals surface area contributed by atoms with Crippen molar-refractivity contribution in [1.82, 2.24) is 5.32 Å². The maximum atomic E-state index is 12.9. The smallest absolute Gasteiger partial charge is 0.240 e. The lowest BCUT2D eigenvalue weighted by molar-refractivity contribution is -0.126. The van der Waals surface area contributed by atoms with Crippen molar-refractivity contribution in [2.24, 2.45) is 5.73 Å². The zero-order valence-corrected chi connectivity index (χ0v) is 16.6. The second-order valence-electron chi connectivity index (χ2n) is 7.71. The highest BCUT2D eigenvalue weighted by Gasteiger charge is 2.33. The minimum atomic E-state index is -1.77. The van der Waals surface area contributed by atoms with Gasteiger partial charge in [0.1, 0.15) is 19.9 Å². The molecule has 0 spiro atoms. The number of halogens is 1. The number of amides is 2. The van der Waals surface area contributed by atoms with Gasteiger partial charge in [0.15, 0.2) is 0 Å². The van der Waals surface area contributed by atoms with Crippen molar-refractivity contribution in [2.45, 2.75) is 57.8 Å². The van der Waals surface area contributed by atoms with Crippen LogP contribution in [0.5, 0.6) is 0 Å². The van der Waals surface area contributed by atoms with E-state index in [2.05, 4.69) is 50.6 Å². The number of carbonyl (C=O) groups excluding carboxylic acids is 2. The van der Waals surface area contributed by atoms with Crippen molar-refractivity contribution in [3.63, 3.8) is 0 Å². The van der Waals surface area contributed by atoms with Gasteiger partial charge in [0.2, 0.25) is 11.8 Å². The predicted octanol–water partition coefficient (Wildman–Crippen LogP) is 2.78. The lowest BCUT2D eigenvalue weighted by Crippen LogP contribution is -2.45. The van der Waals surface area contributed by atoms with E-state index in [0.29, 0.717) is 5.56 Å². The first-order valence-electron chi connectivity index (χ1n) is 8.25. The number of rotatable bonds is 5. The van der Waals surface area contributed by atoms with E-state index in [0.717, 1.165) is 0 Å². The summed E-state index contributed by atoms with van der Waals surface area (Å²) in [5, 5.41) is 2.73. The molecule has 25 heavy (non-hydrogen) atoms. The fourth-order valence-corrected chi connectivity index (χ4v) is 2.74. The van der Waals surface area contributed by atoms with Gasteiger partial charge in [-0.15, -0.1) is 11.5 Å². The first-order chi connectivity index (χ1) is 11.4. The number of nitrogens with one attached hydrogen (secondary N) is 1. The standard InChI is InChI=1S/C19H27FN2O2Si/c1-19(2,3)25(4,5)12-6-7-16(18(21)24)22-17(23)13-14-8-10-15(20)11-9-14/h8-11,16H,7,13H2,1-5H3,(H2,21,24)(H,22,23)/t16-/m0/s1. The molecule has 0 heterocycles. The second kappa shape index (κ2) is 8.30. The van der Waals surface area contributed by atoms with Gasteiger partial charge in [-0.2, -0.15) is 0 Å². The van der Waals surface area contributed by atoms with Gasteiger partial charge in [-0.25, -0.2) is 4.39 Å². The third kappa shape index (κ3) is 6.71. The van der Waals surface area contributed by atoms with E-state index in [1.54, 1.807) is 0 Å². The van der Waals surface area contributed by atoms with Crippen LogP contribution in [0.4, 0.5) is 4.39 Å². The van der Waals surface area contributed by atoms with Crippen molar-refractivity contribution in [3.05, 3.63) is 35.6 Å². The second-order valence-corrected chi connectivity index (χ2v) is 12.7. The highest BCUT2D eigenvalue weighted by atomic mass is 28.3. The molecule has 3 N–H and O–H groups in total. The first-order valence-corrected chi connectivity index (χ1v) is 11.3. The average Bonchev–Trinajstić information content (AvgIpc) is 2.47. The van der Waals surface area contributed by atoms with Crippen LogP contribution < -0.4 is 11.1 Å². The molecule has 0 aliphatic rings. The van der Waals surface area contributed by atoms with Crippen LogP contribution in [0.3, 0.4) is 0 Å². The summed E-state index contributed by atoms with van der Waals surface area (Å²) in [6.45, 7) is 10.8. The van der Waals surface area contributed by atoms with Gasteiger partial charge in [-0.05, 0) is 22.7 Å². The van der Waals surface area contributed by atoms with Crippen molar-refractivity contribution < 1.29 is 14.0 Å². The van der Waals surface area contributed by atoms with E-state index >= 15 is 0 Å². The quantitative estimate of drug-likeness (QED) is 0.624. The summed E-state index contributed by atoms with van der Waals surface area (Å²) < 4.78 is 12.9. The Morgan fingerprint density at radius 3 is 2.28 bits per heavy atom. The Morgan fingerprint density at radius 2 is 1.80 bits per heavy atom. The molecule has 1 aromatic carbocycles. The number of hydrogen-bond acceptors (Lipinski definition) is 2. The topological polar surface area (TPSA) is 72.2 Å². The van der Waals surface area contributed by atoms with Gasteiger partial charge in [-0.1, -0.05) is 46.0 Å². The molecule has 1 rings (SSSR count). The summed E-state index contributed by atoms with van der Waals surface area (Å²) in [6, 6.07) is 4.82. The molecule has 4 nitrogen and oxygen atoms in total. The first kappa shape index (κ1) is 20.9. The normalized spacial score (nSPS) is 12.7. The minimum Gasteiger partial charge on any atom is -0.368 e. The van der Waals surface area contributed by atoms with Gasteiger partial charge in [0.05, 0.1) is 6.42 Å². The van der Waals surface area contributed by atoms with E-state index in [-0.39, 0.29) is 29.6 Å². The van der Waals surface area contributed by atoms with E-state index in [4.69, 9.17) is 5.73 Å². The van der Waals surface area contributed by atoms with Crippen LogP contribution >= 0.6 is 0 Å². The summed E-state index contributed by atoms with van der Waals surface area (Å²) in [4.78, 5) is 23.7. The maximum Gasteiger partial charge on any atom is 0.240 e. The Labute approximate surface area is 150 Å². The number of benzene rings is 1. The van der Waals surface area contributed by atoms with Gasteiger partial charge in [-0.3, -0.25) is 9.59 Å². The van der Waals surface area contributed by atoms with E-state index in [9.17, 15) is 14.0 Å². The number of hydrogen-bond donors (Lipinski definition) is 2. The molecular weight excluding hydrogens is 335 g/mol. The third-order valence-corrected chi connectivity index (χ3v) is 9.09. The molecule has 0 fully saturated rings. The van der Waals surface area contributed by atoms with Crippen LogP contribution in [0.1, 0.15) is 32.8 Å². The van der Waals surface area contributed by atoms with E-state index < -0.39 is 20.0 Å². The predicted molar refractivity (Wildman–Crippen MR) is 101 cm³/mol. The van der Waals surface area contributed by atoms with Gasteiger partial charge < -0.3 is 11.1 Å². The Bertz CT molecular complexity index is 682. The van der Waals surface area contributed by atoms with Crippen molar-refractivity contribution in [3.8, 4) is 11.5 Å². The van der Waals surface area contributed by atoms with Crippen LogP contribution in [-0.2, 0) is 16.0 Å². The van der Waals surface area contributed by atoms with Crippen LogP contribution in [0.15, 0.2) is 24.3 Å². The fourth-order valence-electron chi connectivity index (χ4n) is 1.82. The van der Waals surface area contributed by atoms with Gasteiger partial charge in [0, 0.05) is 6.42 Å². The Morgan fingerprint density at radius 1 is 1.24 bits per heavy atom. The Kier molecular flexibility index (Phi) is 6.94. The number of carbonyl (C=O) groups is 2. The molecule has 0 aliphatic carbocycles. The average molecular weight is 363 g/mol. The minimum absolute atomic E-state index is 0.0553. The number of primary amides is 1. The maximum absolute atomic E-state index is 12.9. The molecule has 0 saturated carbocycles. The largest absolute Gasteiger partial charge is 0.368 e. The molecule has 0 unspecified atom stereocenters. The van der Waals surface area contributed by atoms with Crippen LogP contribution in [0.25, 0.3) is 0 Å². The molecule has 0 aromatic heterocycles. The number of nitrogens with two attached hydrogens (primary N) is 1. The molecule has 0 radical (unpaired) electrons. The molecule has 0 saturated heterocycles. The summed E-state index contributed by atoms with van der Waals surface area (Å²) in [6.07, 6.45) is 0.247. The molecule has 1 aromatic rings. The Balaban J connectivity index is 2.71. The zero-order chi connectivity index (χ0) is 19.3. The zero-order valence-electron chi connectivity index (χ0n) is 15.6. The lowest BCUT2D eigenvalue weighted by atomic mass is 10.1. The summed E-state index contributed by atoms with van der Waals surface area (Å²) in [5.74, 6) is 1.72. The summed E-state index contributed by atoms with van der Waals surface area (Å²) in [5.41, 5.74) is 9.34. The fraction of sp³-hybridized carbons (Fsp3) is 0.474. The van der Waals surface area contributed by atoms with E-state index in [1.165, 1.54) is 24.3 Å². The van der Waals surface area contributed by atoms with Gasteiger partial charge >= 0.3 is 0 Å². The molecular formula is C19H27FN2O2Si. The molecule has 6 heteroatoms. The third-order valence-electron chi connectivity index (χ3n) is 4.54. The summed E-state index contributed by atoms with van der Waals surface area (Å²) in [7, 11) is -1.77. The monoisotopic (exact) mass is 362 g/mol. The molecule has 1 atom stereocenters. The molecule has 0 bridgehead atoms. The van der Waals surface area contributed by atoms with Gasteiger partial charge in [0.25, 0.3) is 0 Å². The van der Waals surface area contributed by atoms with E-state index in [1.807, 2.05) is 0 Å². The van der Waals surface area contributed by atoms with Crippen LogP contribution in [0, 0.1) is 17.3 Å². The highest BCUT2D eigenvalue weighted by molar-refractivity contribution is 6.87. The molecule has 136 valence electrons. The molecule has 2 amide bonds. The van der Waals surface area contributed by atoms with Crippen LogP contribution in [0.2, 0.25) is 18.1 Å². The SMILES string of the molecule is CC(C)(C)[Si](C)(C)C#CC[C@H](NC(=O)Cc1ccc(F)cc1)C(N)=O. The van der Waals surface area contributed by atoms with Crippen molar-refractivity contribution in [2.75, 3.05) is 0 Å². The van der Waals surface area contributed by atoms with Crippen molar-refractivity contribution >= 4 is 19.9 Å². The Hall–Kier alpha value is -2.13. The lowest BCUT2D eigenvalue weighted by Gasteiger charge is -2.31. The van der Waals surface area contributed by atoms with Crippen molar-refractivity contribution in [1.29, 1.82) is 0 Å². The van der Waals surface area contributed by atoms with Crippen LogP contribution in [-0.4, -0.2) is 25.9 Å². The molecule has 0 aliphatic heterocycles.